The molecule has 0 radical (unpaired) electrons. The molecule has 1 N–H and O–H groups in total. The molecule has 1 fully saturated rings. The van der Waals surface area contributed by atoms with Gasteiger partial charge in [0.15, 0.2) is 0 Å². The van der Waals surface area contributed by atoms with Crippen LogP contribution in [0.15, 0.2) is 23.0 Å². The summed E-state index contributed by atoms with van der Waals surface area (Å²) in [5.41, 5.74) is 0.549. The van der Waals surface area contributed by atoms with Gasteiger partial charge in [-0.15, -0.1) is 0 Å². The van der Waals surface area contributed by atoms with Gasteiger partial charge in [-0.25, -0.2) is 0 Å². The van der Waals surface area contributed by atoms with E-state index in [4.69, 9.17) is 4.42 Å². The monoisotopic (exact) mass is 321 g/mol. The first-order valence-corrected chi connectivity index (χ1v) is 8.47. The van der Waals surface area contributed by atoms with Gasteiger partial charge < -0.3 is 19.5 Å². The number of amides is 2. The number of hydrogen-bond donors (Lipinski definition) is 1. The molecule has 2 amide bonds. The lowest BCUT2D eigenvalue weighted by molar-refractivity contribution is -0.126. The summed E-state index contributed by atoms with van der Waals surface area (Å²) in [6.45, 7) is 8.92. The largest absolute Gasteiger partial charge is 0.472 e. The minimum Gasteiger partial charge on any atom is -0.472 e. The van der Waals surface area contributed by atoms with Crippen molar-refractivity contribution in [3.8, 4) is 0 Å². The Bertz CT molecular complexity index is 497. The number of carbonyl (C=O) groups is 2. The van der Waals surface area contributed by atoms with Gasteiger partial charge in [-0.05, 0) is 32.0 Å². The maximum Gasteiger partial charge on any atom is 0.257 e. The highest BCUT2D eigenvalue weighted by Crippen LogP contribution is 2.19. The molecule has 0 bridgehead atoms. The van der Waals surface area contributed by atoms with E-state index < -0.39 is 0 Å². The van der Waals surface area contributed by atoms with E-state index >= 15 is 0 Å². The van der Waals surface area contributed by atoms with Crippen LogP contribution in [-0.2, 0) is 4.79 Å². The molecule has 1 aliphatic rings. The molecular weight excluding hydrogens is 294 g/mol. The van der Waals surface area contributed by atoms with Crippen molar-refractivity contribution in [3.05, 3.63) is 24.2 Å². The molecule has 0 saturated carbocycles. The first kappa shape index (κ1) is 17.5. The van der Waals surface area contributed by atoms with Crippen LogP contribution in [0.3, 0.4) is 0 Å². The first-order chi connectivity index (χ1) is 11.2. The number of furan rings is 1. The Balaban J connectivity index is 1.81. The molecule has 2 heterocycles. The average molecular weight is 321 g/mol. The second-order valence-corrected chi connectivity index (χ2v) is 5.92. The standard InChI is InChI=1S/C17H27N3O3/c1-3-19(4-2)10-8-18-16(21)14-6-5-9-20(12-14)17(22)15-7-11-23-13-15/h7,11,13-14H,3-6,8-10,12H2,1-2H3,(H,18,21)/t14-/m0/s1. The molecule has 2 rings (SSSR count). The molecule has 1 aromatic rings. The van der Waals surface area contributed by atoms with E-state index in [1.165, 1.54) is 12.5 Å². The van der Waals surface area contributed by atoms with Gasteiger partial charge in [0, 0.05) is 26.2 Å². The Hall–Kier alpha value is -1.82. The lowest BCUT2D eigenvalue weighted by Crippen LogP contribution is -2.46. The van der Waals surface area contributed by atoms with E-state index in [1.807, 2.05) is 0 Å². The smallest absolute Gasteiger partial charge is 0.257 e. The van der Waals surface area contributed by atoms with Crippen LogP contribution in [-0.4, -0.2) is 60.9 Å². The number of carbonyl (C=O) groups excluding carboxylic acids is 2. The molecule has 1 saturated heterocycles. The van der Waals surface area contributed by atoms with Crippen molar-refractivity contribution >= 4 is 11.8 Å². The predicted octanol–water partition coefficient (Wildman–Crippen LogP) is 1.59. The van der Waals surface area contributed by atoms with Crippen molar-refractivity contribution in [2.75, 3.05) is 39.3 Å². The predicted molar refractivity (Wildman–Crippen MR) is 88.1 cm³/mol. The van der Waals surface area contributed by atoms with E-state index in [9.17, 15) is 9.59 Å². The summed E-state index contributed by atoms with van der Waals surface area (Å²) in [5, 5.41) is 3.01. The van der Waals surface area contributed by atoms with Crippen molar-refractivity contribution < 1.29 is 14.0 Å². The zero-order valence-electron chi connectivity index (χ0n) is 14.1. The molecule has 23 heavy (non-hydrogen) atoms. The topological polar surface area (TPSA) is 65.8 Å². The van der Waals surface area contributed by atoms with Crippen LogP contribution in [0, 0.1) is 5.92 Å². The summed E-state index contributed by atoms with van der Waals surface area (Å²) in [6, 6.07) is 1.66. The lowest BCUT2D eigenvalue weighted by Gasteiger charge is -2.32. The summed E-state index contributed by atoms with van der Waals surface area (Å²) in [6.07, 6.45) is 4.65. The van der Waals surface area contributed by atoms with Crippen LogP contribution >= 0.6 is 0 Å². The maximum absolute atomic E-state index is 12.3. The fourth-order valence-corrected chi connectivity index (χ4v) is 2.97. The highest BCUT2D eigenvalue weighted by molar-refractivity contribution is 5.94. The SMILES string of the molecule is CCN(CC)CCNC(=O)[C@H]1CCCN(C(=O)c2ccoc2)C1. The molecule has 0 unspecified atom stereocenters. The van der Waals surface area contributed by atoms with E-state index in [1.54, 1.807) is 11.0 Å². The third-order valence-electron chi connectivity index (χ3n) is 4.47. The third-order valence-corrected chi connectivity index (χ3v) is 4.47. The number of piperidine rings is 1. The average Bonchev–Trinajstić information content (AvgIpc) is 3.12. The maximum atomic E-state index is 12.3. The normalized spacial score (nSPS) is 18.2. The van der Waals surface area contributed by atoms with Crippen molar-refractivity contribution in [2.24, 2.45) is 5.92 Å². The summed E-state index contributed by atoms with van der Waals surface area (Å²) >= 11 is 0. The van der Waals surface area contributed by atoms with Crippen molar-refractivity contribution in [1.82, 2.24) is 15.1 Å². The Morgan fingerprint density at radius 2 is 2.17 bits per heavy atom. The molecule has 0 aromatic carbocycles. The molecule has 128 valence electrons. The molecule has 1 atom stereocenters. The molecule has 6 heteroatoms. The molecule has 1 aromatic heterocycles. The van der Waals surface area contributed by atoms with E-state index in [2.05, 4.69) is 24.1 Å². The Labute approximate surface area is 137 Å². The zero-order chi connectivity index (χ0) is 16.7. The molecule has 0 aliphatic carbocycles. The summed E-state index contributed by atoms with van der Waals surface area (Å²) in [7, 11) is 0. The van der Waals surface area contributed by atoms with Gasteiger partial charge in [0.2, 0.25) is 5.91 Å². The summed E-state index contributed by atoms with van der Waals surface area (Å²) < 4.78 is 4.97. The van der Waals surface area contributed by atoms with Crippen LogP contribution < -0.4 is 5.32 Å². The Morgan fingerprint density at radius 3 is 2.83 bits per heavy atom. The summed E-state index contributed by atoms with van der Waals surface area (Å²) in [4.78, 5) is 28.7. The minimum atomic E-state index is -0.115. The van der Waals surface area contributed by atoms with Crippen LogP contribution in [0.2, 0.25) is 0 Å². The number of hydrogen-bond acceptors (Lipinski definition) is 4. The van der Waals surface area contributed by atoms with Crippen molar-refractivity contribution in [1.29, 1.82) is 0 Å². The van der Waals surface area contributed by atoms with Crippen LogP contribution in [0.4, 0.5) is 0 Å². The highest BCUT2D eigenvalue weighted by atomic mass is 16.3. The molecule has 6 nitrogen and oxygen atoms in total. The Kier molecular flexibility index (Phi) is 6.65. The van der Waals surface area contributed by atoms with Crippen LogP contribution in [0.1, 0.15) is 37.0 Å². The van der Waals surface area contributed by atoms with Crippen molar-refractivity contribution in [3.63, 3.8) is 0 Å². The number of likely N-dealkylation sites (tertiary alicyclic amines) is 1. The van der Waals surface area contributed by atoms with Gasteiger partial charge in [0.1, 0.15) is 6.26 Å². The van der Waals surface area contributed by atoms with Crippen LogP contribution in [0.25, 0.3) is 0 Å². The fraction of sp³-hybridized carbons (Fsp3) is 0.647. The van der Waals surface area contributed by atoms with Gasteiger partial charge >= 0.3 is 0 Å². The van der Waals surface area contributed by atoms with Gasteiger partial charge in [0.05, 0.1) is 17.7 Å². The van der Waals surface area contributed by atoms with Gasteiger partial charge in [-0.1, -0.05) is 13.8 Å². The van der Waals surface area contributed by atoms with E-state index in [0.717, 1.165) is 32.5 Å². The van der Waals surface area contributed by atoms with Gasteiger partial charge in [-0.2, -0.15) is 0 Å². The van der Waals surface area contributed by atoms with E-state index in [-0.39, 0.29) is 17.7 Å². The highest BCUT2D eigenvalue weighted by Gasteiger charge is 2.29. The second-order valence-electron chi connectivity index (χ2n) is 5.92. The first-order valence-electron chi connectivity index (χ1n) is 8.47. The van der Waals surface area contributed by atoms with E-state index in [0.29, 0.717) is 25.2 Å². The molecular formula is C17H27N3O3. The van der Waals surface area contributed by atoms with Crippen molar-refractivity contribution in [2.45, 2.75) is 26.7 Å². The fourth-order valence-electron chi connectivity index (χ4n) is 2.97. The Morgan fingerprint density at radius 1 is 1.39 bits per heavy atom. The second kappa shape index (κ2) is 8.72. The quantitative estimate of drug-likeness (QED) is 0.828. The van der Waals surface area contributed by atoms with Crippen LogP contribution in [0.5, 0.6) is 0 Å². The summed E-state index contributed by atoms with van der Waals surface area (Å²) in [5.74, 6) is -0.113. The van der Waals surface area contributed by atoms with Gasteiger partial charge in [-0.3, -0.25) is 9.59 Å². The minimum absolute atomic E-state index is 0.0561. The van der Waals surface area contributed by atoms with Gasteiger partial charge in [0.25, 0.3) is 5.91 Å². The number of likely N-dealkylation sites (N-methyl/N-ethyl adjacent to an activating group) is 1. The lowest BCUT2D eigenvalue weighted by atomic mass is 9.96. The number of nitrogens with zero attached hydrogens (tertiary/aromatic N) is 2. The zero-order valence-corrected chi connectivity index (χ0v) is 14.1. The third kappa shape index (κ3) is 4.82. The number of nitrogens with one attached hydrogen (secondary N) is 1. The molecule has 0 spiro atoms. The molecule has 1 aliphatic heterocycles. The number of rotatable bonds is 7.